The molecule has 0 aromatic carbocycles. The van der Waals surface area contributed by atoms with E-state index in [2.05, 4.69) is 15.5 Å². The van der Waals surface area contributed by atoms with E-state index in [0.29, 0.717) is 6.29 Å². The maximum absolute atomic E-state index is 12.0. The molecular weight excluding hydrogens is 264 g/mol. The van der Waals surface area contributed by atoms with E-state index in [-0.39, 0.29) is 18.9 Å². The summed E-state index contributed by atoms with van der Waals surface area (Å²) in [6.07, 6.45) is 6.82. The molecule has 1 amide bonds. The smallest absolute Gasteiger partial charge is 0.290 e. The van der Waals surface area contributed by atoms with E-state index >= 15 is 0 Å². The number of nitrogens with one attached hydrogen (secondary N) is 1. The van der Waals surface area contributed by atoms with Gasteiger partial charge in [-0.1, -0.05) is 5.16 Å². The van der Waals surface area contributed by atoms with Gasteiger partial charge in [0.15, 0.2) is 0 Å². The van der Waals surface area contributed by atoms with Crippen molar-refractivity contribution in [2.75, 3.05) is 13.7 Å². The van der Waals surface area contributed by atoms with Crippen LogP contribution in [0.2, 0.25) is 0 Å². The standard InChI is InChI=1S/C12H14N4O4/c1-19-8-12(7-17,6-16-5-4-13-9-16)15-11(18)10-2-3-14-20-10/h2-5,7,9H,6,8H2,1H3,(H,15,18)/t12-/m0/s1. The Morgan fingerprint density at radius 1 is 1.60 bits per heavy atom. The number of hydrogen-bond acceptors (Lipinski definition) is 6. The van der Waals surface area contributed by atoms with E-state index in [0.717, 1.165) is 0 Å². The second-order valence-corrected chi connectivity index (χ2v) is 4.27. The van der Waals surface area contributed by atoms with Crippen LogP contribution in [0, 0.1) is 0 Å². The second kappa shape index (κ2) is 6.11. The molecule has 0 fully saturated rings. The zero-order valence-corrected chi connectivity index (χ0v) is 10.9. The van der Waals surface area contributed by atoms with Gasteiger partial charge in [0.25, 0.3) is 5.91 Å². The van der Waals surface area contributed by atoms with Gasteiger partial charge in [0.05, 0.1) is 25.7 Å². The number of imidazole rings is 1. The van der Waals surface area contributed by atoms with Crippen LogP contribution in [0.3, 0.4) is 0 Å². The molecule has 8 heteroatoms. The molecular formula is C12H14N4O4. The highest BCUT2D eigenvalue weighted by molar-refractivity contribution is 5.93. The van der Waals surface area contributed by atoms with E-state index in [1.807, 2.05) is 0 Å². The first-order valence-corrected chi connectivity index (χ1v) is 5.83. The quantitative estimate of drug-likeness (QED) is 0.709. The average molecular weight is 278 g/mol. The third-order valence-electron chi connectivity index (χ3n) is 2.68. The normalized spacial score (nSPS) is 13.7. The highest BCUT2D eigenvalue weighted by Crippen LogP contribution is 2.09. The maximum atomic E-state index is 12.0. The molecule has 0 bridgehead atoms. The van der Waals surface area contributed by atoms with Crippen LogP contribution in [0.4, 0.5) is 0 Å². The molecule has 0 aliphatic rings. The number of methoxy groups -OCH3 is 1. The lowest BCUT2D eigenvalue weighted by molar-refractivity contribution is -0.115. The molecule has 1 N–H and O–H groups in total. The Morgan fingerprint density at radius 3 is 3.00 bits per heavy atom. The molecule has 0 saturated heterocycles. The summed E-state index contributed by atoms with van der Waals surface area (Å²) in [5.41, 5.74) is -1.21. The highest BCUT2D eigenvalue weighted by Gasteiger charge is 2.33. The number of carbonyl (C=O) groups excluding carboxylic acids is 2. The summed E-state index contributed by atoms with van der Waals surface area (Å²) < 4.78 is 11.5. The van der Waals surface area contributed by atoms with Crippen molar-refractivity contribution >= 4 is 12.2 Å². The summed E-state index contributed by atoms with van der Waals surface area (Å²) in [6, 6.07) is 1.41. The largest absolute Gasteiger partial charge is 0.382 e. The zero-order chi connectivity index (χ0) is 14.4. The minimum Gasteiger partial charge on any atom is -0.382 e. The van der Waals surface area contributed by atoms with Gasteiger partial charge in [-0.3, -0.25) is 4.79 Å². The fourth-order valence-corrected chi connectivity index (χ4v) is 1.81. The van der Waals surface area contributed by atoms with Gasteiger partial charge in [0.2, 0.25) is 5.76 Å². The van der Waals surface area contributed by atoms with Crippen molar-refractivity contribution in [2.45, 2.75) is 12.1 Å². The first-order chi connectivity index (χ1) is 9.69. The average Bonchev–Trinajstić information content (AvgIpc) is 3.11. The van der Waals surface area contributed by atoms with Crippen LogP contribution in [0.1, 0.15) is 10.6 Å². The van der Waals surface area contributed by atoms with Crippen molar-refractivity contribution in [1.29, 1.82) is 0 Å². The van der Waals surface area contributed by atoms with Gasteiger partial charge in [-0.05, 0) is 0 Å². The maximum Gasteiger partial charge on any atom is 0.290 e. The Bertz CT molecular complexity index is 552. The Hall–Kier alpha value is -2.48. The van der Waals surface area contributed by atoms with Crippen molar-refractivity contribution in [3.8, 4) is 0 Å². The third kappa shape index (κ3) is 3.09. The van der Waals surface area contributed by atoms with Crippen molar-refractivity contribution in [1.82, 2.24) is 20.0 Å². The number of amides is 1. The van der Waals surface area contributed by atoms with E-state index in [4.69, 9.17) is 9.26 Å². The Kier molecular flexibility index (Phi) is 4.26. The Morgan fingerprint density at radius 2 is 2.45 bits per heavy atom. The minimum absolute atomic E-state index is 0.0224. The number of ether oxygens (including phenoxy) is 1. The topological polar surface area (TPSA) is 99.2 Å². The van der Waals surface area contributed by atoms with E-state index < -0.39 is 11.4 Å². The van der Waals surface area contributed by atoms with Crippen LogP contribution in [0.15, 0.2) is 35.5 Å². The Balaban J connectivity index is 2.17. The van der Waals surface area contributed by atoms with E-state index in [1.54, 1.807) is 23.3 Å². The van der Waals surface area contributed by atoms with E-state index in [1.165, 1.54) is 19.4 Å². The molecule has 0 radical (unpaired) electrons. The van der Waals surface area contributed by atoms with Crippen LogP contribution in [-0.2, 0) is 16.1 Å². The fraction of sp³-hybridized carbons (Fsp3) is 0.333. The summed E-state index contributed by atoms with van der Waals surface area (Å²) in [4.78, 5) is 27.4. The highest BCUT2D eigenvalue weighted by atomic mass is 16.5. The summed E-state index contributed by atoms with van der Waals surface area (Å²) in [7, 11) is 1.45. The number of aromatic nitrogens is 3. The van der Waals surface area contributed by atoms with Crippen LogP contribution in [0.25, 0.3) is 0 Å². The third-order valence-corrected chi connectivity index (χ3v) is 2.68. The second-order valence-electron chi connectivity index (χ2n) is 4.27. The van der Waals surface area contributed by atoms with Crippen molar-refractivity contribution in [2.24, 2.45) is 0 Å². The number of rotatable bonds is 7. The number of nitrogens with zero attached hydrogens (tertiary/aromatic N) is 3. The fourth-order valence-electron chi connectivity index (χ4n) is 1.81. The lowest BCUT2D eigenvalue weighted by Gasteiger charge is -2.28. The minimum atomic E-state index is -1.21. The zero-order valence-electron chi connectivity index (χ0n) is 10.9. The van der Waals surface area contributed by atoms with Gasteiger partial charge >= 0.3 is 0 Å². The summed E-state index contributed by atoms with van der Waals surface area (Å²) in [5, 5.41) is 6.06. The van der Waals surface area contributed by atoms with Gasteiger partial charge < -0.3 is 23.9 Å². The predicted molar refractivity (Wildman–Crippen MR) is 66.9 cm³/mol. The van der Waals surface area contributed by atoms with Crippen molar-refractivity contribution < 1.29 is 18.8 Å². The van der Waals surface area contributed by atoms with Gasteiger partial charge in [-0.15, -0.1) is 0 Å². The Labute approximate surface area is 114 Å². The monoisotopic (exact) mass is 278 g/mol. The van der Waals surface area contributed by atoms with Crippen LogP contribution in [0.5, 0.6) is 0 Å². The molecule has 106 valence electrons. The lowest BCUT2D eigenvalue weighted by atomic mass is 10.0. The number of hydrogen-bond donors (Lipinski definition) is 1. The van der Waals surface area contributed by atoms with Crippen LogP contribution in [-0.4, -0.2) is 46.2 Å². The van der Waals surface area contributed by atoms with E-state index in [9.17, 15) is 9.59 Å². The van der Waals surface area contributed by atoms with Crippen molar-refractivity contribution in [3.05, 3.63) is 36.7 Å². The molecule has 0 spiro atoms. The molecule has 2 rings (SSSR count). The molecule has 0 unspecified atom stereocenters. The van der Waals surface area contributed by atoms with Gasteiger partial charge in [0, 0.05) is 25.6 Å². The lowest BCUT2D eigenvalue weighted by Crippen LogP contribution is -2.55. The first-order valence-electron chi connectivity index (χ1n) is 5.83. The van der Waals surface area contributed by atoms with Gasteiger partial charge in [-0.2, -0.15) is 0 Å². The molecule has 0 aliphatic heterocycles. The predicted octanol–water partition coefficient (Wildman–Crippen LogP) is -0.115. The van der Waals surface area contributed by atoms with Gasteiger partial charge in [-0.25, -0.2) is 4.98 Å². The molecule has 8 nitrogen and oxygen atoms in total. The van der Waals surface area contributed by atoms with Crippen LogP contribution >= 0.6 is 0 Å². The summed E-state index contributed by atoms with van der Waals surface area (Å²) in [5.74, 6) is -0.510. The van der Waals surface area contributed by atoms with Crippen LogP contribution < -0.4 is 5.32 Å². The SMILES string of the molecule is COC[C@@](C=O)(Cn1ccnc1)NC(=O)c1ccno1. The number of aldehydes is 1. The molecule has 2 heterocycles. The molecule has 1 atom stereocenters. The molecule has 2 aromatic heterocycles. The molecule has 2 aromatic rings. The van der Waals surface area contributed by atoms with Gasteiger partial charge in [0.1, 0.15) is 11.8 Å². The first kappa shape index (κ1) is 13.9. The number of carbonyl (C=O) groups is 2. The summed E-state index contributed by atoms with van der Waals surface area (Å²) in [6.45, 7) is 0.221. The summed E-state index contributed by atoms with van der Waals surface area (Å²) >= 11 is 0. The molecule has 0 aliphatic carbocycles. The molecule has 0 saturated carbocycles. The van der Waals surface area contributed by atoms with Crippen molar-refractivity contribution in [3.63, 3.8) is 0 Å². The molecule has 20 heavy (non-hydrogen) atoms.